The van der Waals surface area contributed by atoms with Crippen LogP contribution >= 0.6 is 11.3 Å². The summed E-state index contributed by atoms with van der Waals surface area (Å²) in [5.41, 5.74) is 2.02. The van der Waals surface area contributed by atoms with Crippen molar-refractivity contribution in [2.75, 3.05) is 19.8 Å². The van der Waals surface area contributed by atoms with E-state index in [1.807, 2.05) is 25.7 Å². The minimum atomic E-state index is 0.105. The molecule has 0 spiro atoms. The summed E-state index contributed by atoms with van der Waals surface area (Å²) in [5.74, 6) is 1.59. The highest BCUT2D eigenvalue weighted by Gasteiger charge is 2.30. The summed E-state index contributed by atoms with van der Waals surface area (Å²) in [5, 5.41) is 1.06. The number of thiophene rings is 1. The van der Waals surface area contributed by atoms with E-state index in [-0.39, 0.29) is 11.9 Å². The lowest BCUT2D eigenvalue weighted by atomic mass is 10.1. The zero-order chi connectivity index (χ0) is 16.1. The summed E-state index contributed by atoms with van der Waals surface area (Å²) >= 11 is 1.52. The Labute approximate surface area is 139 Å². The van der Waals surface area contributed by atoms with Gasteiger partial charge in [0.2, 0.25) is 0 Å². The lowest BCUT2D eigenvalue weighted by Gasteiger charge is -2.33. The fourth-order valence-electron chi connectivity index (χ4n) is 3.25. The Balaban J connectivity index is 1.76. The van der Waals surface area contributed by atoms with Crippen LogP contribution in [0.15, 0.2) is 0 Å². The molecule has 1 atom stereocenters. The number of nitrogens with zero attached hydrogens (tertiary/aromatic N) is 3. The summed E-state index contributed by atoms with van der Waals surface area (Å²) in [6.07, 6.45) is 2.37. The third-order valence-electron chi connectivity index (χ3n) is 4.75. The predicted octanol–water partition coefficient (Wildman–Crippen LogP) is 3.05. The molecule has 0 unspecified atom stereocenters. The van der Waals surface area contributed by atoms with E-state index >= 15 is 0 Å². The molecule has 1 saturated heterocycles. The summed E-state index contributed by atoms with van der Waals surface area (Å²) in [6.45, 7) is 7.97. The van der Waals surface area contributed by atoms with Crippen LogP contribution in [0.3, 0.4) is 0 Å². The number of hydrogen-bond acceptors (Lipinski definition) is 5. The van der Waals surface area contributed by atoms with E-state index < -0.39 is 0 Å². The molecule has 122 valence electrons. The molecule has 1 aliphatic heterocycles. The maximum atomic E-state index is 13.0. The second-order valence-corrected chi connectivity index (χ2v) is 7.60. The van der Waals surface area contributed by atoms with Gasteiger partial charge in [0.05, 0.1) is 29.8 Å². The van der Waals surface area contributed by atoms with Gasteiger partial charge in [-0.15, -0.1) is 11.3 Å². The molecule has 0 N–H and O–H groups in total. The van der Waals surface area contributed by atoms with E-state index in [2.05, 4.69) is 4.98 Å². The van der Waals surface area contributed by atoms with Gasteiger partial charge in [-0.2, -0.15) is 0 Å². The molecule has 6 heteroatoms. The monoisotopic (exact) mass is 331 g/mol. The van der Waals surface area contributed by atoms with Crippen molar-refractivity contribution in [3.8, 4) is 0 Å². The van der Waals surface area contributed by atoms with Crippen molar-refractivity contribution < 1.29 is 9.53 Å². The second kappa shape index (κ2) is 5.53. The van der Waals surface area contributed by atoms with Crippen LogP contribution in [0.1, 0.15) is 52.4 Å². The van der Waals surface area contributed by atoms with Gasteiger partial charge in [0.15, 0.2) is 0 Å². The molecule has 0 aromatic carbocycles. The molecule has 1 saturated carbocycles. The van der Waals surface area contributed by atoms with Crippen molar-refractivity contribution in [1.29, 1.82) is 0 Å². The maximum absolute atomic E-state index is 13.0. The van der Waals surface area contributed by atoms with Crippen molar-refractivity contribution in [2.24, 2.45) is 0 Å². The van der Waals surface area contributed by atoms with E-state index in [9.17, 15) is 4.79 Å². The minimum absolute atomic E-state index is 0.105. The van der Waals surface area contributed by atoms with Gasteiger partial charge in [-0.3, -0.25) is 4.79 Å². The minimum Gasteiger partial charge on any atom is -0.377 e. The maximum Gasteiger partial charge on any atom is 0.264 e. The van der Waals surface area contributed by atoms with Crippen LogP contribution in [-0.2, 0) is 4.74 Å². The van der Waals surface area contributed by atoms with Crippen LogP contribution in [0, 0.1) is 13.8 Å². The topological polar surface area (TPSA) is 55.3 Å². The number of aryl methyl sites for hydroxylation is 2. The molecule has 3 heterocycles. The van der Waals surface area contributed by atoms with Crippen LogP contribution in [0.4, 0.5) is 0 Å². The number of hydrogen-bond donors (Lipinski definition) is 0. The Morgan fingerprint density at radius 1 is 1.30 bits per heavy atom. The molecule has 0 radical (unpaired) electrons. The zero-order valence-electron chi connectivity index (χ0n) is 13.8. The molecule has 2 fully saturated rings. The fraction of sp³-hybridized carbons (Fsp3) is 0.588. The molecule has 1 amide bonds. The highest BCUT2D eigenvalue weighted by atomic mass is 32.1. The molecular formula is C17H21N3O2S. The van der Waals surface area contributed by atoms with Crippen molar-refractivity contribution in [1.82, 2.24) is 14.9 Å². The van der Waals surface area contributed by atoms with Crippen LogP contribution in [0.2, 0.25) is 0 Å². The fourth-order valence-corrected chi connectivity index (χ4v) is 4.44. The Bertz CT molecular complexity index is 782. The Morgan fingerprint density at radius 3 is 2.78 bits per heavy atom. The van der Waals surface area contributed by atoms with Crippen LogP contribution in [-0.4, -0.2) is 46.6 Å². The van der Waals surface area contributed by atoms with Gasteiger partial charge in [-0.25, -0.2) is 9.97 Å². The number of aromatic nitrogens is 2. The number of ether oxygens (including phenoxy) is 1. The van der Waals surface area contributed by atoms with Gasteiger partial charge in [-0.05, 0) is 39.2 Å². The number of carbonyl (C=O) groups excluding carboxylic acids is 1. The lowest BCUT2D eigenvalue weighted by Crippen LogP contribution is -2.47. The van der Waals surface area contributed by atoms with Gasteiger partial charge in [0.1, 0.15) is 10.7 Å². The van der Waals surface area contributed by atoms with E-state index in [1.54, 1.807) is 0 Å². The average Bonchev–Trinajstić information content (AvgIpc) is 3.31. The van der Waals surface area contributed by atoms with Gasteiger partial charge in [-0.1, -0.05) is 0 Å². The number of fused-ring (bicyclic) bond motifs is 1. The lowest BCUT2D eigenvalue weighted by molar-refractivity contribution is 0.00384. The predicted molar refractivity (Wildman–Crippen MR) is 90.2 cm³/mol. The third-order valence-corrected chi connectivity index (χ3v) is 5.93. The Hall–Kier alpha value is -1.53. The summed E-state index contributed by atoms with van der Waals surface area (Å²) in [6, 6.07) is 0.120. The first-order valence-electron chi connectivity index (χ1n) is 8.22. The quantitative estimate of drug-likeness (QED) is 0.849. The standard InChI is InChI=1S/C17H21N3O2S/c1-9-8-22-7-6-20(9)17(21)14-10(2)13-11(3)18-15(12-4-5-12)19-16(13)23-14/h9,12H,4-8H2,1-3H3/t9-/m0/s1. The molecule has 23 heavy (non-hydrogen) atoms. The molecule has 4 rings (SSSR count). The highest BCUT2D eigenvalue weighted by molar-refractivity contribution is 7.20. The van der Waals surface area contributed by atoms with E-state index in [1.165, 1.54) is 24.2 Å². The first-order chi connectivity index (χ1) is 11.1. The number of carbonyl (C=O) groups is 1. The van der Waals surface area contributed by atoms with Crippen molar-refractivity contribution in [2.45, 2.75) is 45.6 Å². The molecule has 1 aliphatic carbocycles. The van der Waals surface area contributed by atoms with Crippen molar-refractivity contribution in [3.63, 3.8) is 0 Å². The molecule has 0 bridgehead atoms. The van der Waals surface area contributed by atoms with Crippen LogP contribution in [0.25, 0.3) is 10.2 Å². The summed E-state index contributed by atoms with van der Waals surface area (Å²) < 4.78 is 5.44. The Morgan fingerprint density at radius 2 is 2.09 bits per heavy atom. The third kappa shape index (κ3) is 2.54. The van der Waals surface area contributed by atoms with Crippen LogP contribution < -0.4 is 0 Å². The van der Waals surface area contributed by atoms with Gasteiger partial charge in [0, 0.05) is 17.8 Å². The van der Waals surface area contributed by atoms with Gasteiger partial charge < -0.3 is 9.64 Å². The first-order valence-corrected chi connectivity index (χ1v) is 9.04. The normalized spacial score (nSPS) is 21.9. The van der Waals surface area contributed by atoms with E-state index in [4.69, 9.17) is 9.72 Å². The van der Waals surface area contributed by atoms with Crippen molar-refractivity contribution >= 4 is 27.5 Å². The smallest absolute Gasteiger partial charge is 0.264 e. The molecular weight excluding hydrogens is 310 g/mol. The van der Waals surface area contributed by atoms with Crippen molar-refractivity contribution in [3.05, 3.63) is 22.0 Å². The second-order valence-electron chi connectivity index (χ2n) is 6.60. The largest absolute Gasteiger partial charge is 0.377 e. The number of amides is 1. The number of morpholine rings is 1. The molecule has 5 nitrogen and oxygen atoms in total. The Kier molecular flexibility index (Phi) is 3.61. The van der Waals surface area contributed by atoms with E-state index in [0.29, 0.717) is 25.7 Å². The SMILES string of the molecule is Cc1nc(C2CC2)nc2sc(C(=O)N3CCOC[C@@H]3C)c(C)c12. The molecule has 2 aromatic heterocycles. The van der Waals surface area contributed by atoms with Gasteiger partial charge in [0.25, 0.3) is 5.91 Å². The molecule has 2 aromatic rings. The van der Waals surface area contributed by atoms with Gasteiger partial charge >= 0.3 is 0 Å². The van der Waals surface area contributed by atoms with Crippen LogP contribution in [0.5, 0.6) is 0 Å². The van der Waals surface area contributed by atoms with E-state index in [0.717, 1.165) is 32.2 Å². The average molecular weight is 331 g/mol. The number of rotatable bonds is 2. The first kappa shape index (κ1) is 15.0. The molecule has 2 aliphatic rings. The summed E-state index contributed by atoms with van der Waals surface area (Å²) in [7, 11) is 0. The highest BCUT2D eigenvalue weighted by Crippen LogP contribution is 2.40. The zero-order valence-corrected chi connectivity index (χ0v) is 14.6. The summed E-state index contributed by atoms with van der Waals surface area (Å²) in [4.78, 5) is 26.1.